The fourth-order valence-electron chi connectivity index (χ4n) is 4.01. The minimum Gasteiger partial charge on any atom is -0.341 e. The van der Waals surface area contributed by atoms with Crippen LogP contribution in [0.1, 0.15) is 45.1 Å². The van der Waals surface area contributed by atoms with Crippen molar-refractivity contribution < 1.29 is 13.2 Å². The second-order valence-corrected chi connectivity index (χ2v) is 10.7. The maximum atomic E-state index is 12.2. The number of nitrogens with zero attached hydrogens (tertiary/aromatic N) is 3. The summed E-state index contributed by atoms with van der Waals surface area (Å²) < 4.78 is 23.3. The zero-order valence-corrected chi connectivity index (χ0v) is 20.0. The molecule has 30 heavy (non-hydrogen) atoms. The second-order valence-electron chi connectivity index (χ2n) is 8.65. The third-order valence-corrected chi connectivity index (χ3v) is 7.08. The molecule has 1 unspecified atom stereocenters. The van der Waals surface area contributed by atoms with Gasteiger partial charge in [-0.2, -0.15) is 0 Å². The molecule has 1 amide bonds. The molecule has 1 aliphatic rings. The summed E-state index contributed by atoms with van der Waals surface area (Å²) in [6.07, 6.45) is 6.00. The summed E-state index contributed by atoms with van der Waals surface area (Å²) in [5.74, 6) is 0.288. The van der Waals surface area contributed by atoms with Crippen molar-refractivity contribution in [3.63, 3.8) is 0 Å². The topological polar surface area (TPSA) is 60.9 Å². The molecule has 0 N–H and O–H groups in total. The molecule has 170 valence electrons. The number of hydrogen-bond acceptors (Lipinski definition) is 5. The molecule has 0 radical (unpaired) electrons. The van der Waals surface area contributed by atoms with Gasteiger partial charge >= 0.3 is 0 Å². The van der Waals surface area contributed by atoms with Crippen molar-refractivity contribution in [1.82, 2.24) is 14.7 Å². The lowest BCUT2D eigenvalue weighted by Gasteiger charge is -2.29. The van der Waals surface area contributed by atoms with Gasteiger partial charge in [0.25, 0.3) is 0 Å². The summed E-state index contributed by atoms with van der Waals surface area (Å²) in [7, 11) is -1.07. The van der Waals surface area contributed by atoms with Crippen LogP contribution in [0.15, 0.2) is 29.2 Å². The number of unbranched alkanes of at least 4 members (excludes halogenated alkanes) is 1. The van der Waals surface area contributed by atoms with Crippen LogP contribution in [0.2, 0.25) is 0 Å². The van der Waals surface area contributed by atoms with Crippen molar-refractivity contribution in [2.45, 2.75) is 56.9 Å². The molecule has 0 spiro atoms. The molecule has 1 fully saturated rings. The zero-order valence-electron chi connectivity index (χ0n) is 19.1. The number of carbonyl (C=O) groups is 1. The Morgan fingerprint density at radius 3 is 2.40 bits per heavy atom. The highest BCUT2D eigenvalue weighted by Crippen LogP contribution is 2.15. The molecule has 1 saturated heterocycles. The van der Waals surface area contributed by atoms with Gasteiger partial charge in [-0.15, -0.1) is 0 Å². The minimum absolute atomic E-state index is 0.288. The molecule has 0 aromatic heterocycles. The van der Waals surface area contributed by atoms with E-state index in [1.165, 1.54) is 6.26 Å². The molecular weight excluding hydrogens is 398 g/mol. The molecule has 1 aromatic rings. The van der Waals surface area contributed by atoms with Crippen LogP contribution in [0.4, 0.5) is 0 Å². The minimum atomic E-state index is -3.15. The predicted molar refractivity (Wildman–Crippen MR) is 123 cm³/mol. The van der Waals surface area contributed by atoms with Crippen molar-refractivity contribution >= 4 is 15.7 Å². The van der Waals surface area contributed by atoms with Gasteiger partial charge in [0, 0.05) is 44.9 Å². The van der Waals surface area contributed by atoms with Gasteiger partial charge in [-0.25, -0.2) is 8.42 Å². The molecule has 1 atom stereocenters. The number of carbonyl (C=O) groups excluding carboxylic acids is 1. The van der Waals surface area contributed by atoms with Crippen LogP contribution < -0.4 is 0 Å². The van der Waals surface area contributed by atoms with Gasteiger partial charge < -0.3 is 14.7 Å². The van der Waals surface area contributed by atoms with Gasteiger partial charge in [-0.3, -0.25) is 4.79 Å². The van der Waals surface area contributed by atoms with Gasteiger partial charge in [-0.1, -0.05) is 19.1 Å². The van der Waals surface area contributed by atoms with Gasteiger partial charge in [0.05, 0.1) is 4.90 Å². The maximum Gasteiger partial charge on any atom is 0.223 e. The molecule has 1 aliphatic heterocycles. The van der Waals surface area contributed by atoms with E-state index in [0.29, 0.717) is 17.4 Å². The van der Waals surface area contributed by atoms with Crippen LogP contribution in [0.3, 0.4) is 0 Å². The highest BCUT2D eigenvalue weighted by Gasteiger charge is 2.19. The third-order valence-electron chi connectivity index (χ3n) is 5.95. The normalized spacial score (nSPS) is 17.4. The van der Waals surface area contributed by atoms with Crippen molar-refractivity contribution in [3.8, 4) is 0 Å². The summed E-state index contributed by atoms with van der Waals surface area (Å²) in [5, 5.41) is 0. The van der Waals surface area contributed by atoms with Crippen molar-refractivity contribution in [2.24, 2.45) is 0 Å². The summed E-state index contributed by atoms with van der Waals surface area (Å²) in [4.78, 5) is 19.4. The van der Waals surface area contributed by atoms with Crippen molar-refractivity contribution in [1.29, 1.82) is 0 Å². The van der Waals surface area contributed by atoms with Gasteiger partial charge in [-0.05, 0) is 70.4 Å². The quantitative estimate of drug-likeness (QED) is 0.498. The standard InChI is InChI=1S/C23H39N3O3S/c1-5-13-25(14-6-7-15-26-18-17-24(3)16-12-23(26)27)20(2)19-21-8-10-22(11-9-21)30(4,28)29/h8-11,20H,5-7,12-19H2,1-4H3. The largest absolute Gasteiger partial charge is 0.341 e. The number of amides is 1. The fourth-order valence-corrected chi connectivity index (χ4v) is 4.64. The van der Waals surface area contributed by atoms with E-state index in [9.17, 15) is 13.2 Å². The van der Waals surface area contributed by atoms with E-state index >= 15 is 0 Å². The van der Waals surface area contributed by atoms with E-state index in [1.54, 1.807) is 12.1 Å². The molecule has 0 bridgehead atoms. The van der Waals surface area contributed by atoms with Gasteiger partial charge in [0.2, 0.25) is 5.91 Å². The molecule has 1 heterocycles. The summed E-state index contributed by atoms with van der Waals surface area (Å²) in [6.45, 7) is 10.0. The second kappa shape index (κ2) is 11.8. The molecule has 0 aliphatic carbocycles. The van der Waals surface area contributed by atoms with E-state index in [0.717, 1.165) is 70.5 Å². The number of hydrogen-bond donors (Lipinski definition) is 0. The Labute approximate surface area is 183 Å². The van der Waals surface area contributed by atoms with E-state index in [4.69, 9.17) is 0 Å². The van der Waals surface area contributed by atoms with E-state index < -0.39 is 9.84 Å². The van der Waals surface area contributed by atoms with E-state index in [-0.39, 0.29) is 5.91 Å². The van der Waals surface area contributed by atoms with Crippen LogP contribution in [-0.2, 0) is 21.1 Å². The average Bonchev–Trinajstić information content (AvgIpc) is 2.85. The molecule has 7 heteroatoms. The Balaban J connectivity index is 1.82. The highest BCUT2D eigenvalue weighted by atomic mass is 32.2. The fraction of sp³-hybridized carbons (Fsp3) is 0.696. The Kier molecular flexibility index (Phi) is 9.78. The van der Waals surface area contributed by atoms with Gasteiger partial charge in [0.15, 0.2) is 9.84 Å². The first-order chi connectivity index (χ1) is 14.2. The van der Waals surface area contributed by atoms with Crippen LogP contribution in [0.25, 0.3) is 0 Å². The molecular formula is C23H39N3O3S. The molecule has 6 nitrogen and oxygen atoms in total. The van der Waals surface area contributed by atoms with Crippen LogP contribution in [-0.4, -0.2) is 87.6 Å². The van der Waals surface area contributed by atoms with Gasteiger partial charge in [0.1, 0.15) is 0 Å². The van der Waals surface area contributed by atoms with Crippen LogP contribution in [0, 0.1) is 0 Å². The molecule has 1 aromatic carbocycles. The summed E-state index contributed by atoms with van der Waals surface area (Å²) in [6, 6.07) is 7.66. The van der Waals surface area contributed by atoms with Crippen molar-refractivity contribution in [2.75, 3.05) is 52.6 Å². The first kappa shape index (κ1) is 24.8. The number of sulfone groups is 1. The zero-order chi connectivity index (χ0) is 22.1. The number of benzene rings is 1. The molecule has 0 saturated carbocycles. The molecule has 2 rings (SSSR count). The van der Waals surface area contributed by atoms with Crippen LogP contribution >= 0.6 is 0 Å². The Morgan fingerprint density at radius 2 is 1.77 bits per heavy atom. The summed E-state index contributed by atoms with van der Waals surface area (Å²) in [5.41, 5.74) is 1.16. The van der Waals surface area contributed by atoms with E-state index in [1.807, 2.05) is 17.0 Å². The average molecular weight is 438 g/mol. The third kappa shape index (κ3) is 8.00. The first-order valence-corrected chi connectivity index (χ1v) is 13.1. The number of rotatable bonds is 11. The lowest BCUT2D eigenvalue weighted by molar-refractivity contribution is -0.130. The van der Waals surface area contributed by atoms with Crippen LogP contribution in [0.5, 0.6) is 0 Å². The Bertz CT molecular complexity index is 764. The summed E-state index contributed by atoms with van der Waals surface area (Å²) >= 11 is 0. The number of likely N-dealkylation sites (N-methyl/N-ethyl adjacent to an activating group) is 1. The monoisotopic (exact) mass is 437 g/mol. The lowest BCUT2D eigenvalue weighted by atomic mass is 10.1. The highest BCUT2D eigenvalue weighted by molar-refractivity contribution is 7.90. The maximum absolute atomic E-state index is 12.2. The van der Waals surface area contributed by atoms with E-state index in [2.05, 4.69) is 30.7 Å². The lowest BCUT2D eigenvalue weighted by Crippen LogP contribution is -2.37. The Morgan fingerprint density at radius 1 is 1.07 bits per heavy atom. The SMILES string of the molecule is CCCN(CCCCN1CCN(C)CCC1=O)C(C)Cc1ccc(S(C)(=O)=O)cc1. The Hall–Kier alpha value is -1.44. The van der Waals surface area contributed by atoms with Crippen molar-refractivity contribution in [3.05, 3.63) is 29.8 Å². The first-order valence-electron chi connectivity index (χ1n) is 11.2. The smallest absolute Gasteiger partial charge is 0.223 e. The predicted octanol–water partition coefficient (Wildman–Crippen LogP) is 2.68.